The quantitative estimate of drug-likeness (QED) is 0.572. The molecule has 1 heterocycles. The van der Waals surface area contributed by atoms with Crippen molar-refractivity contribution >= 4 is 53.7 Å². The van der Waals surface area contributed by atoms with Crippen molar-refractivity contribution in [3.05, 3.63) is 44.8 Å². The molecule has 0 spiro atoms. The Balaban J connectivity index is 2.51. The molecule has 0 aliphatic rings. The van der Waals surface area contributed by atoms with E-state index in [0.717, 1.165) is 11.0 Å². The lowest BCUT2D eigenvalue weighted by molar-refractivity contribution is 0.622. The first kappa shape index (κ1) is 11.2. The summed E-state index contributed by atoms with van der Waals surface area (Å²) in [6, 6.07) is 6.09. The van der Waals surface area contributed by atoms with Gasteiger partial charge in [0.25, 0.3) is 0 Å². The van der Waals surface area contributed by atoms with Crippen LogP contribution in [-0.2, 0) is 0 Å². The van der Waals surface area contributed by atoms with Crippen molar-refractivity contribution in [2.24, 2.45) is 0 Å². The Bertz CT molecular complexity index is 687. The van der Waals surface area contributed by atoms with Crippen LogP contribution in [0.15, 0.2) is 33.2 Å². The Morgan fingerprint density at radius 2 is 1.18 bits per heavy atom. The molecular formula is C12H5Br2F2N. The fraction of sp³-hybridized carbons (Fsp3) is 0. The first-order chi connectivity index (χ1) is 8.06. The van der Waals surface area contributed by atoms with E-state index in [1.165, 1.54) is 12.1 Å². The molecule has 0 radical (unpaired) electrons. The maximum atomic E-state index is 13.5. The van der Waals surface area contributed by atoms with Gasteiger partial charge in [0.05, 0.1) is 8.95 Å². The van der Waals surface area contributed by atoms with Crippen molar-refractivity contribution in [2.45, 2.75) is 0 Å². The number of benzene rings is 2. The normalized spacial score (nSPS) is 11.5. The van der Waals surface area contributed by atoms with Gasteiger partial charge in [0.2, 0.25) is 0 Å². The largest absolute Gasteiger partial charge is 0.354 e. The van der Waals surface area contributed by atoms with E-state index in [0.29, 0.717) is 19.7 Å². The molecule has 3 rings (SSSR count). The van der Waals surface area contributed by atoms with Gasteiger partial charge in [0.1, 0.15) is 11.6 Å². The number of hydrogen-bond donors (Lipinski definition) is 1. The molecule has 2 aromatic carbocycles. The third kappa shape index (κ3) is 1.68. The predicted molar refractivity (Wildman–Crippen MR) is 71.1 cm³/mol. The van der Waals surface area contributed by atoms with Gasteiger partial charge in [0, 0.05) is 21.8 Å². The van der Waals surface area contributed by atoms with Crippen LogP contribution in [0.2, 0.25) is 0 Å². The number of halogens is 4. The maximum absolute atomic E-state index is 13.5. The highest BCUT2D eigenvalue weighted by Crippen LogP contribution is 2.32. The molecule has 0 aliphatic heterocycles. The van der Waals surface area contributed by atoms with Gasteiger partial charge in [-0.1, -0.05) is 0 Å². The second-order valence-corrected chi connectivity index (χ2v) is 5.46. The van der Waals surface area contributed by atoms with Crippen LogP contribution in [0.1, 0.15) is 0 Å². The molecule has 1 aromatic heterocycles. The van der Waals surface area contributed by atoms with Gasteiger partial charge in [-0.2, -0.15) is 0 Å². The summed E-state index contributed by atoms with van der Waals surface area (Å²) in [6.45, 7) is 0. The molecule has 0 bridgehead atoms. The zero-order valence-electron chi connectivity index (χ0n) is 8.32. The number of hydrogen-bond acceptors (Lipinski definition) is 0. The molecular weight excluding hydrogens is 356 g/mol. The van der Waals surface area contributed by atoms with Crippen LogP contribution in [0.4, 0.5) is 8.78 Å². The average molecular weight is 361 g/mol. The van der Waals surface area contributed by atoms with E-state index < -0.39 is 0 Å². The summed E-state index contributed by atoms with van der Waals surface area (Å²) in [5, 5.41) is 1.35. The standard InChI is InChI=1S/C12H5Br2F2N/c13-7-3-11-5(1-9(7)15)6-2-10(16)8(14)4-12(6)17-11/h1-4,17H. The van der Waals surface area contributed by atoms with Gasteiger partial charge in [-0.3, -0.25) is 0 Å². The van der Waals surface area contributed by atoms with Crippen LogP contribution < -0.4 is 0 Å². The Hall–Kier alpha value is -0.940. The summed E-state index contributed by atoms with van der Waals surface area (Å²) in [4.78, 5) is 3.12. The molecule has 5 heteroatoms. The smallest absolute Gasteiger partial charge is 0.138 e. The number of rotatable bonds is 0. The lowest BCUT2D eigenvalue weighted by atomic mass is 10.1. The average Bonchev–Trinajstić information content (AvgIpc) is 2.58. The van der Waals surface area contributed by atoms with Crippen molar-refractivity contribution < 1.29 is 8.78 Å². The molecule has 0 unspecified atom stereocenters. The number of nitrogens with one attached hydrogen (secondary N) is 1. The molecule has 0 aliphatic carbocycles. The van der Waals surface area contributed by atoms with Crippen molar-refractivity contribution in [1.82, 2.24) is 4.98 Å². The number of aromatic amines is 1. The van der Waals surface area contributed by atoms with E-state index in [1.807, 2.05) is 0 Å². The second-order valence-electron chi connectivity index (χ2n) is 3.75. The first-order valence-electron chi connectivity index (χ1n) is 4.82. The summed E-state index contributed by atoms with van der Waals surface area (Å²) in [5.74, 6) is -0.719. The van der Waals surface area contributed by atoms with Crippen LogP contribution >= 0.6 is 31.9 Å². The Morgan fingerprint density at radius 3 is 1.59 bits per heavy atom. The van der Waals surface area contributed by atoms with Gasteiger partial charge in [-0.05, 0) is 56.1 Å². The van der Waals surface area contributed by atoms with Crippen LogP contribution in [0.5, 0.6) is 0 Å². The summed E-state index contributed by atoms with van der Waals surface area (Å²) in [7, 11) is 0. The third-order valence-electron chi connectivity index (χ3n) is 2.68. The fourth-order valence-electron chi connectivity index (χ4n) is 1.89. The van der Waals surface area contributed by atoms with E-state index >= 15 is 0 Å². The van der Waals surface area contributed by atoms with Gasteiger partial charge in [-0.15, -0.1) is 0 Å². The highest BCUT2D eigenvalue weighted by atomic mass is 79.9. The van der Waals surface area contributed by atoms with Gasteiger partial charge >= 0.3 is 0 Å². The summed E-state index contributed by atoms with van der Waals surface area (Å²) < 4.78 is 27.7. The van der Waals surface area contributed by atoms with E-state index in [4.69, 9.17) is 0 Å². The molecule has 1 nitrogen and oxygen atoms in total. The zero-order chi connectivity index (χ0) is 12.2. The topological polar surface area (TPSA) is 15.8 Å². The van der Waals surface area contributed by atoms with Crippen LogP contribution in [0, 0.1) is 11.6 Å². The molecule has 0 atom stereocenters. The minimum atomic E-state index is -0.360. The lowest BCUT2D eigenvalue weighted by Crippen LogP contribution is -1.78. The number of fused-ring (bicyclic) bond motifs is 3. The minimum absolute atomic E-state index is 0.360. The van der Waals surface area contributed by atoms with Crippen LogP contribution in [-0.4, -0.2) is 4.98 Å². The minimum Gasteiger partial charge on any atom is -0.354 e. The van der Waals surface area contributed by atoms with Gasteiger partial charge in [-0.25, -0.2) is 8.78 Å². The van der Waals surface area contributed by atoms with Crippen molar-refractivity contribution in [2.75, 3.05) is 0 Å². The fourth-order valence-corrected chi connectivity index (χ4v) is 2.58. The molecule has 0 saturated carbocycles. The van der Waals surface area contributed by atoms with Crippen molar-refractivity contribution in [3.63, 3.8) is 0 Å². The summed E-state index contributed by atoms with van der Waals surface area (Å²) in [5.41, 5.74) is 1.54. The summed E-state index contributed by atoms with van der Waals surface area (Å²) in [6.07, 6.45) is 0. The highest BCUT2D eigenvalue weighted by Gasteiger charge is 2.10. The Morgan fingerprint density at radius 1 is 0.765 bits per heavy atom. The van der Waals surface area contributed by atoms with Crippen molar-refractivity contribution in [3.8, 4) is 0 Å². The van der Waals surface area contributed by atoms with Gasteiger partial charge in [0.15, 0.2) is 0 Å². The lowest BCUT2D eigenvalue weighted by Gasteiger charge is -1.96. The number of H-pyrrole nitrogens is 1. The third-order valence-corrected chi connectivity index (χ3v) is 3.90. The first-order valence-corrected chi connectivity index (χ1v) is 6.40. The predicted octanol–water partition coefficient (Wildman–Crippen LogP) is 5.12. The molecule has 1 N–H and O–H groups in total. The van der Waals surface area contributed by atoms with Gasteiger partial charge < -0.3 is 4.98 Å². The maximum Gasteiger partial charge on any atom is 0.138 e. The molecule has 17 heavy (non-hydrogen) atoms. The zero-order valence-corrected chi connectivity index (χ0v) is 11.5. The Kier molecular flexibility index (Phi) is 2.48. The monoisotopic (exact) mass is 359 g/mol. The molecule has 86 valence electrons. The van der Waals surface area contributed by atoms with E-state index in [1.54, 1.807) is 12.1 Å². The summed E-state index contributed by atoms with van der Waals surface area (Å²) >= 11 is 6.25. The van der Waals surface area contributed by atoms with E-state index in [2.05, 4.69) is 36.8 Å². The van der Waals surface area contributed by atoms with E-state index in [9.17, 15) is 8.78 Å². The number of aromatic nitrogens is 1. The second kappa shape index (κ2) is 3.78. The van der Waals surface area contributed by atoms with E-state index in [-0.39, 0.29) is 11.6 Å². The molecule has 0 saturated heterocycles. The molecule has 3 aromatic rings. The highest BCUT2D eigenvalue weighted by molar-refractivity contribution is 9.10. The SMILES string of the molecule is Fc1cc2c(cc1Br)[nH]c1cc(Br)c(F)cc12. The van der Waals surface area contributed by atoms with Crippen LogP contribution in [0.3, 0.4) is 0 Å². The Labute approximate surface area is 112 Å². The van der Waals surface area contributed by atoms with Crippen LogP contribution in [0.25, 0.3) is 21.8 Å². The van der Waals surface area contributed by atoms with Crippen molar-refractivity contribution in [1.29, 1.82) is 0 Å². The molecule has 0 amide bonds. The molecule has 0 fully saturated rings.